The molecule has 0 saturated heterocycles. The molecule has 1 fully saturated rings. The van der Waals surface area contributed by atoms with Crippen molar-refractivity contribution in [2.75, 3.05) is 6.54 Å². The summed E-state index contributed by atoms with van der Waals surface area (Å²) in [6, 6.07) is 7.50. The molecule has 1 aromatic carbocycles. The van der Waals surface area contributed by atoms with Gasteiger partial charge in [0.2, 0.25) is 0 Å². The lowest BCUT2D eigenvalue weighted by molar-refractivity contribution is -0.384. The Labute approximate surface area is 108 Å². The van der Waals surface area contributed by atoms with Crippen molar-refractivity contribution >= 4 is 5.69 Å². The van der Waals surface area contributed by atoms with Crippen molar-refractivity contribution in [2.24, 2.45) is 5.92 Å². The molecule has 0 spiro atoms. The maximum absolute atomic E-state index is 10.5. The van der Waals surface area contributed by atoms with Crippen LogP contribution in [0.25, 0.3) is 0 Å². The van der Waals surface area contributed by atoms with E-state index in [1.807, 2.05) is 12.1 Å². The molecule has 2 rings (SSSR count). The number of nitrogens with zero attached hydrogens (tertiary/aromatic N) is 1. The van der Waals surface area contributed by atoms with Crippen molar-refractivity contribution in [1.29, 1.82) is 0 Å². The number of hydrogen-bond acceptors (Lipinski definition) is 3. The molecule has 1 aliphatic rings. The van der Waals surface area contributed by atoms with Crippen LogP contribution in [0.1, 0.15) is 31.7 Å². The van der Waals surface area contributed by atoms with Crippen LogP contribution in [-0.4, -0.2) is 17.5 Å². The van der Waals surface area contributed by atoms with Gasteiger partial charge in [-0.3, -0.25) is 10.1 Å². The predicted octanol–water partition coefficient (Wildman–Crippen LogP) is 2.92. The van der Waals surface area contributed by atoms with E-state index < -0.39 is 0 Å². The predicted molar refractivity (Wildman–Crippen MR) is 71.6 cm³/mol. The fourth-order valence-electron chi connectivity index (χ4n) is 2.63. The summed E-state index contributed by atoms with van der Waals surface area (Å²) in [5.74, 6) is 0.780. The van der Waals surface area contributed by atoms with E-state index in [9.17, 15) is 10.1 Å². The van der Waals surface area contributed by atoms with E-state index in [0.29, 0.717) is 6.04 Å². The zero-order chi connectivity index (χ0) is 13.0. The molecule has 1 aromatic rings. The molecule has 98 valence electrons. The number of non-ortho nitro benzene ring substituents is 1. The Morgan fingerprint density at radius 1 is 1.33 bits per heavy atom. The van der Waals surface area contributed by atoms with Crippen LogP contribution in [0.5, 0.6) is 0 Å². The first-order valence-corrected chi connectivity index (χ1v) is 6.63. The lowest BCUT2D eigenvalue weighted by atomic mass is 10.1. The number of nitrogens with one attached hydrogen (secondary N) is 1. The molecule has 18 heavy (non-hydrogen) atoms. The first-order chi connectivity index (χ1) is 8.66. The van der Waals surface area contributed by atoms with Crippen molar-refractivity contribution in [3.8, 4) is 0 Å². The van der Waals surface area contributed by atoms with Crippen LogP contribution < -0.4 is 5.32 Å². The van der Waals surface area contributed by atoms with E-state index in [2.05, 4.69) is 12.2 Å². The first-order valence-electron chi connectivity index (χ1n) is 6.63. The second-order valence-electron chi connectivity index (χ2n) is 5.14. The van der Waals surface area contributed by atoms with Gasteiger partial charge in [-0.05, 0) is 37.3 Å². The number of benzene rings is 1. The highest BCUT2D eigenvalue weighted by molar-refractivity contribution is 5.32. The van der Waals surface area contributed by atoms with Gasteiger partial charge >= 0.3 is 0 Å². The van der Waals surface area contributed by atoms with Crippen LogP contribution in [0.4, 0.5) is 5.69 Å². The minimum absolute atomic E-state index is 0.163. The summed E-state index contributed by atoms with van der Waals surface area (Å²) in [7, 11) is 0. The Morgan fingerprint density at radius 3 is 2.61 bits per heavy atom. The molecular formula is C14H20N2O2. The van der Waals surface area contributed by atoms with Gasteiger partial charge in [0, 0.05) is 18.2 Å². The molecule has 0 aromatic heterocycles. The summed E-state index contributed by atoms with van der Waals surface area (Å²) in [6.07, 6.45) is 4.87. The molecule has 0 bridgehead atoms. The van der Waals surface area contributed by atoms with Crippen LogP contribution in [-0.2, 0) is 6.42 Å². The summed E-state index contributed by atoms with van der Waals surface area (Å²) in [4.78, 5) is 10.2. The normalized spacial score (nSPS) is 23.2. The second-order valence-corrected chi connectivity index (χ2v) is 5.14. The largest absolute Gasteiger partial charge is 0.313 e. The average molecular weight is 248 g/mol. The maximum Gasteiger partial charge on any atom is 0.269 e. The molecule has 2 unspecified atom stereocenters. The van der Waals surface area contributed by atoms with Crippen molar-refractivity contribution in [3.63, 3.8) is 0 Å². The van der Waals surface area contributed by atoms with Crippen LogP contribution in [0.3, 0.4) is 0 Å². The quantitative estimate of drug-likeness (QED) is 0.644. The lowest BCUT2D eigenvalue weighted by Gasteiger charge is -2.17. The van der Waals surface area contributed by atoms with Gasteiger partial charge in [-0.1, -0.05) is 25.5 Å². The van der Waals surface area contributed by atoms with Gasteiger partial charge in [0.25, 0.3) is 5.69 Å². The minimum Gasteiger partial charge on any atom is -0.313 e. The topological polar surface area (TPSA) is 55.2 Å². The smallest absolute Gasteiger partial charge is 0.269 e. The highest BCUT2D eigenvalue weighted by Crippen LogP contribution is 2.24. The van der Waals surface area contributed by atoms with Gasteiger partial charge in [0.1, 0.15) is 0 Å². The van der Waals surface area contributed by atoms with Crippen molar-refractivity contribution in [2.45, 2.75) is 38.6 Å². The summed E-state index contributed by atoms with van der Waals surface area (Å²) < 4.78 is 0. The van der Waals surface area contributed by atoms with E-state index in [1.165, 1.54) is 19.3 Å². The van der Waals surface area contributed by atoms with Crippen molar-refractivity contribution < 1.29 is 4.92 Å². The number of nitro groups is 1. The Morgan fingerprint density at radius 2 is 2.06 bits per heavy atom. The fraction of sp³-hybridized carbons (Fsp3) is 0.571. The third kappa shape index (κ3) is 3.29. The maximum atomic E-state index is 10.5. The highest BCUT2D eigenvalue weighted by atomic mass is 16.6. The van der Waals surface area contributed by atoms with E-state index in [1.54, 1.807) is 12.1 Å². The molecule has 0 heterocycles. The average Bonchev–Trinajstić information content (AvgIpc) is 2.76. The summed E-state index contributed by atoms with van der Waals surface area (Å²) >= 11 is 0. The monoisotopic (exact) mass is 248 g/mol. The molecule has 1 N–H and O–H groups in total. The van der Waals surface area contributed by atoms with Crippen LogP contribution in [0, 0.1) is 16.0 Å². The van der Waals surface area contributed by atoms with Gasteiger partial charge in [-0.15, -0.1) is 0 Å². The molecule has 4 nitrogen and oxygen atoms in total. The van der Waals surface area contributed by atoms with E-state index in [4.69, 9.17) is 0 Å². The molecule has 4 heteroatoms. The molecule has 0 amide bonds. The highest BCUT2D eigenvalue weighted by Gasteiger charge is 2.22. The van der Waals surface area contributed by atoms with Gasteiger partial charge in [-0.2, -0.15) is 0 Å². The van der Waals surface area contributed by atoms with Crippen molar-refractivity contribution in [1.82, 2.24) is 5.32 Å². The minimum atomic E-state index is -0.359. The van der Waals surface area contributed by atoms with E-state index in [-0.39, 0.29) is 10.6 Å². The summed E-state index contributed by atoms with van der Waals surface area (Å²) in [5.41, 5.74) is 1.31. The standard InChI is InChI=1S/C14H20N2O2/c1-11-3-2-4-14(11)15-10-9-12-5-7-13(8-6-12)16(17)18/h5-8,11,14-15H,2-4,9-10H2,1H3. The Balaban J connectivity index is 1.78. The van der Waals surface area contributed by atoms with Gasteiger partial charge in [0.05, 0.1) is 4.92 Å². The number of rotatable bonds is 5. The Hall–Kier alpha value is -1.42. The second kappa shape index (κ2) is 5.96. The van der Waals surface area contributed by atoms with Crippen LogP contribution in [0.2, 0.25) is 0 Å². The molecule has 0 radical (unpaired) electrons. The molecule has 1 saturated carbocycles. The van der Waals surface area contributed by atoms with Gasteiger partial charge < -0.3 is 5.32 Å². The van der Waals surface area contributed by atoms with Gasteiger partial charge in [-0.25, -0.2) is 0 Å². The van der Waals surface area contributed by atoms with E-state index in [0.717, 1.165) is 24.4 Å². The molecule has 1 aliphatic carbocycles. The fourth-order valence-corrected chi connectivity index (χ4v) is 2.63. The van der Waals surface area contributed by atoms with Crippen molar-refractivity contribution in [3.05, 3.63) is 39.9 Å². The SMILES string of the molecule is CC1CCCC1NCCc1ccc([N+](=O)[O-])cc1. The van der Waals surface area contributed by atoms with Crippen LogP contribution in [0.15, 0.2) is 24.3 Å². The first kappa shape index (κ1) is 13.0. The summed E-state index contributed by atoms with van der Waals surface area (Å²) in [6.45, 7) is 3.25. The Kier molecular flexibility index (Phi) is 4.31. The summed E-state index contributed by atoms with van der Waals surface area (Å²) in [5, 5.41) is 14.1. The third-order valence-electron chi connectivity index (χ3n) is 3.83. The van der Waals surface area contributed by atoms with Crippen LogP contribution >= 0.6 is 0 Å². The zero-order valence-corrected chi connectivity index (χ0v) is 10.8. The third-order valence-corrected chi connectivity index (χ3v) is 3.83. The molecular weight excluding hydrogens is 228 g/mol. The molecule has 0 aliphatic heterocycles. The molecule has 2 atom stereocenters. The Bertz CT molecular complexity index is 403. The van der Waals surface area contributed by atoms with Gasteiger partial charge in [0.15, 0.2) is 0 Å². The lowest BCUT2D eigenvalue weighted by Crippen LogP contribution is -2.32. The number of hydrogen-bond donors (Lipinski definition) is 1. The van der Waals surface area contributed by atoms with E-state index >= 15 is 0 Å². The number of nitro benzene ring substituents is 1. The zero-order valence-electron chi connectivity index (χ0n) is 10.8.